The Balaban J connectivity index is 1.89. The zero-order valence-electron chi connectivity index (χ0n) is 9.69. The van der Waals surface area contributed by atoms with Gasteiger partial charge in [0.05, 0.1) is 24.5 Å². The van der Waals surface area contributed by atoms with E-state index in [9.17, 15) is 0 Å². The van der Waals surface area contributed by atoms with Crippen LogP contribution in [0.2, 0.25) is 5.02 Å². The molecule has 94 valence electrons. The van der Waals surface area contributed by atoms with Crippen molar-refractivity contribution in [3.8, 4) is 5.75 Å². The molecule has 0 spiro atoms. The molecule has 1 aliphatic heterocycles. The second kappa shape index (κ2) is 4.59. The molecule has 6 heteroatoms. The lowest BCUT2D eigenvalue weighted by Crippen LogP contribution is -2.14. The van der Waals surface area contributed by atoms with Crippen molar-refractivity contribution in [3.05, 3.63) is 40.2 Å². The highest BCUT2D eigenvalue weighted by Crippen LogP contribution is 2.34. The molecule has 3 N–H and O–H groups in total. The van der Waals surface area contributed by atoms with E-state index in [1.807, 2.05) is 12.1 Å². The number of aromatic amines is 1. The largest absolute Gasteiger partial charge is 0.493 e. The highest BCUT2D eigenvalue weighted by Gasteiger charge is 2.20. The molecule has 1 aromatic carbocycles. The van der Waals surface area contributed by atoms with E-state index in [0.29, 0.717) is 13.0 Å². The molecule has 0 saturated heterocycles. The molecule has 0 amide bonds. The van der Waals surface area contributed by atoms with Crippen molar-refractivity contribution in [1.82, 2.24) is 15.4 Å². The predicted molar refractivity (Wildman–Crippen MR) is 67.7 cm³/mol. The third kappa shape index (κ3) is 2.07. The number of H-pyrrole nitrogens is 1. The van der Waals surface area contributed by atoms with E-state index in [1.54, 1.807) is 6.20 Å². The van der Waals surface area contributed by atoms with Crippen molar-refractivity contribution in [2.45, 2.75) is 18.9 Å². The summed E-state index contributed by atoms with van der Waals surface area (Å²) in [7, 11) is 0. The number of hydrogen-bond donors (Lipinski definition) is 2. The average Bonchev–Trinajstić information content (AvgIpc) is 2.98. The number of hydrogen-bond acceptors (Lipinski definition) is 4. The van der Waals surface area contributed by atoms with Crippen molar-refractivity contribution in [2.75, 3.05) is 6.61 Å². The Morgan fingerprint density at radius 3 is 3.17 bits per heavy atom. The van der Waals surface area contributed by atoms with E-state index >= 15 is 0 Å². The number of aromatic nitrogens is 3. The minimum Gasteiger partial charge on any atom is -0.493 e. The lowest BCUT2D eigenvalue weighted by molar-refractivity contribution is 0.352. The summed E-state index contributed by atoms with van der Waals surface area (Å²) >= 11 is 6.11. The standard InChI is InChI=1S/C12H13ClN4O/c13-9-3-7-1-2-18-12(7)8(4-9)5-10(14)11-6-15-17-16-11/h3-4,6,10H,1-2,5,14H2,(H,15,16,17). The highest BCUT2D eigenvalue weighted by atomic mass is 35.5. The molecular weight excluding hydrogens is 252 g/mol. The predicted octanol–water partition coefficient (Wildman–Crippen LogP) is 1.64. The second-order valence-corrected chi connectivity index (χ2v) is 4.79. The summed E-state index contributed by atoms with van der Waals surface area (Å²) in [5.41, 5.74) is 9.02. The molecule has 5 nitrogen and oxygen atoms in total. The molecule has 2 heterocycles. The molecule has 3 rings (SSSR count). The summed E-state index contributed by atoms with van der Waals surface area (Å²) in [5, 5.41) is 11.0. The van der Waals surface area contributed by atoms with E-state index in [2.05, 4.69) is 15.4 Å². The summed E-state index contributed by atoms with van der Waals surface area (Å²) in [6, 6.07) is 3.65. The van der Waals surface area contributed by atoms with Gasteiger partial charge in [0.25, 0.3) is 0 Å². The van der Waals surface area contributed by atoms with Crippen LogP contribution >= 0.6 is 11.6 Å². The van der Waals surface area contributed by atoms with Gasteiger partial charge in [0.1, 0.15) is 5.75 Å². The van der Waals surface area contributed by atoms with Crippen LogP contribution in [0.5, 0.6) is 5.75 Å². The molecule has 0 aliphatic carbocycles. The number of nitrogens with one attached hydrogen (secondary N) is 1. The Hall–Kier alpha value is -1.59. The second-order valence-electron chi connectivity index (χ2n) is 4.36. The molecule has 1 unspecified atom stereocenters. The first-order valence-electron chi connectivity index (χ1n) is 5.79. The number of rotatable bonds is 3. The van der Waals surface area contributed by atoms with Gasteiger partial charge < -0.3 is 10.5 Å². The van der Waals surface area contributed by atoms with Gasteiger partial charge in [-0.05, 0) is 29.7 Å². The number of fused-ring (bicyclic) bond motifs is 1. The third-order valence-electron chi connectivity index (χ3n) is 3.08. The zero-order valence-corrected chi connectivity index (χ0v) is 10.4. The van der Waals surface area contributed by atoms with E-state index in [1.165, 1.54) is 0 Å². The maximum Gasteiger partial charge on any atom is 0.125 e. The summed E-state index contributed by atoms with van der Waals surface area (Å²) in [4.78, 5) is 0. The first-order chi connectivity index (χ1) is 8.74. The highest BCUT2D eigenvalue weighted by molar-refractivity contribution is 6.30. The molecule has 1 aliphatic rings. The first kappa shape index (κ1) is 11.5. The topological polar surface area (TPSA) is 76.8 Å². The van der Waals surface area contributed by atoms with Crippen LogP contribution in [0.4, 0.5) is 0 Å². The maximum atomic E-state index is 6.11. The molecule has 0 radical (unpaired) electrons. The normalized spacial score (nSPS) is 15.2. The minimum absolute atomic E-state index is 0.212. The fraction of sp³-hybridized carbons (Fsp3) is 0.333. The minimum atomic E-state index is -0.212. The van der Waals surface area contributed by atoms with Gasteiger partial charge in [-0.15, -0.1) is 0 Å². The van der Waals surface area contributed by atoms with Crippen molar-refractivity contribution in [3.63, 3.8) is 0 Å². The lowest BCUT2D eigenvalue weighted by Gasteiger charge is -2.12. The average molecular weight is 265 g/mol. The van der Waals surface area contributed by atoms with Crippen LogP contribution < -0.4 is 10.5 Å². The molecule has 2 aromatic rings. The number of ether oxygens (including phenoxy) is 1. The van der Waals surface area contributed by atoms with Crippen molar-refractivity contribution in [1.29, 1.82) is 0 Å². The van der Waals surface area contributed by atoms with E-state index in [0.717, 1.165) is 34.0 Å². The summed E-state index contributed by atoms with van der Waals surface area (Å²) in [5.74, 6) is 0.929. The van der Waals surface area contributed by atoms with Gasteiger partial charge in [-0.25, -0.2) is 0 Å². The van der Waals surface area contributed by atoms with Crippen LogP contribution in [-0.4, -0.2) is 22.0 Å². The lowest BCUT2D eigenvalue weighted by atomic mass is 10.0. The van der Waals surface area contributed by atoms with Gasteiger partial charge in [-0.3, -0.25) is 0 Å². The Morgan fingerprint density at radius 1 is 1.50 bits per heavy atom. The molecule has 1 atom stereocenters. The van der Waals surface area contributed by atoms with Crippen molar-refractivity contribution < 1.29 is 4.74 Å². The zero-order chi connectivity index (χ0) is 12.5. The SMILES string of the molecule is NC(Cc1cc(Cl)cc2c1OCC2)c1cn[nH]n1. The Morgan fingerprint density at radius 2 is 2.39 bits per heavy atom. The fourth-order valence-corrected chi connectivity index (χ4v) is 2.49. The van der Waals surface area contributed by atoms with E-state index in [-0.39, 0.29) is 6.04 Å². The molecular formula is C12H13ClN4O. The Bertz CT molecular complexity index is 555. The fourth-order valence-electron chi connectivity index (χ4n) is 2.23. The van der Waals surface area contributed by atoms with Gasteiger partial charge in [0.2, 0.25) is 0 Å². The molecule has 1 aromatic heterocycles. The Labute approximate surface area is 109 Å². The summed E-state index contributed by atoms with van der Waals surface area (Å²) in [6.07, 6.45) is 3.17. The van der Waals surface area contributed by atoms with Crippen LogP contribution in [0.25, 0.3) is 0 Å². The molecule has 18 heavy (non-hydrogen) atoms. The molecule has 0 saturated carbocycles. The Kier molecular flexibility index (Phi) is 2.93. The van der Waals surface area contributed by atoms with Crippen LogP contribution in [0.3, 0.4) is 0 Å². The van der Waals surface area contributed by atoms with Crippen molar-refractivity contribution >= 4 is 11.6 Å². The maximum absolute atomic E-state index is 6.11. The monoisotopic (exact) mass is 264 g/mol. The first-order valence-corrected chi connectivity index (χ1v) is 6.17. The van der Waals surface area contributed by atoms with Crippen LogP contribution in [0.15, 0.2) is 18.3 Å². The van der Waals surface area contributed by atoms with E-state index in [4.69, 9.17) is 22.1 Å². The number of benzene rings is 1. The number of nitrogens with zero attached hydrogens (tertiary/aromatic N) is 2. The number of nitrogens with two attached hydrogens (primary N) is 1. The van der Waals surface area contributed by atoms with Crippen molar-refractivity contribution in [2.24, 2.45) is 5.73 Å². The molecule has 0 bridgehead atoms. The van der Waals surface area contributed by atoms with Gasteiger partial charge in [-0.1, -0.05) is 11.6 Å². The van der Waals surface area contributed by atoms with Crippen LogP contribution in [-0.2, 0) is 12.8 Å². The summed E-state index contributed by atoms with van der Waals surface area (Å²) in [6.45, 7) is 0.710. The van der Waals surface area contributed by atoms with Gasteiger partial charge in [-0.2, -0.15) is 15.4 Å². The van der Waals surface area contributed by atoms with Gasteiger partial charge in [0.15, 0.2) is 0 Å². The van der Waals surface area contributed by atoms with E-state index < -0.39 is 0 Å². The quantitative estimate of drug-likeness (QED) is 0.883. The molecule has 0 fully saturated rings. The van der Waals surface area contributed by atoms with Crippen LogP contribution in [0, 0.1) is 0 Å². The van der Waals surface area contributed by atoms with Gasteiger partial charge in [0, 0.05) is 11.4 Å². The third-order valence-corrected chi connectivity index (χ3v) is 3.30. The number of halogens is 1. The smallest absolute Gasteiger partial charge is 0.125 e. The summed E-state index contributed by atoms with van der Waals surface area (Å²) < 4.78 is 5.64. The van der Waals surface area contributed by atoms with Crippen LogP contribution in [0.1, 0.15) is 22.9 Å². The van der Waals surface area contributed by atoms with Gasteiger partial charge >= 0.3 is 0 Å².